The van der Waals surface area contributed by atoms with Gasteiger partial charge in [0.2, 0.25) is 0 Å². The van der Waals surface area contributed by atoms with Crippen molar-refractivity contribution in [3.8, 4) is 0 Å². The van der Waals surface area contributed by atoms with Crippen LogP contribution in [0.15, 0.2) is 16.6 Å². The van der Waals surface area contributed by atoms with Gasteiger partial charge in [0.1, 0.15) is 0 Å². The van der Waals surface area contributed by atoms with Gasteiger partial charge in [-0.15, -0.1) is 0 Å². The smallest absolute Gasteiger partial charge is 0.258 e. The predicted octanol–water partition coefficient (Wildman–Crippen LogP) is 3.95. The number of nitro benzene ring substituents is 1. The number of alkyl halides is 2. The van der Waals surface area contributed by atoms with Gasteiger partial charge in [0, 0.05) is 22.2 Å². The second-order valence-electron chi connectivity index (χ2n) is 2.39. The van der Waals surface area contributed by atoms with E-state index in [0.29, 0.717) is 0 Å². The summed E-state index contributed by atoms with van der Waals surface area (Å²) >= 11 is 8.38. The van der Waals surface area contributed by atoms with Gasteiger partial charge in [0.05, 0.1) is 9.95 Å². The molecule has 3 nitrogen and oxygen atoms in total. The molecule has 0 heterocycles. The third-order valence-corrected chi connectivity index (χ3v) is 2.76. The maximum atomic E-state index is 12.3. The zero-order valence-electron chi connectivity index (χ0n) is 6.51. The van der Waals surface area contributed by atoms with Gasteiger partial charge in [0.25, 0.3) is 12.1 Å². The van der Waals surface area contributed by atoms with Crippen LogP contribution in [0.1, 0.15) is 12.0 Å². The van der Waals surface area contributed by atoms with Crippen molar-refractivity contribution in [2.75, 3.05) is 0 Å². The number of nitrogens with zero attached hydrogens (tertiary/aromatic N) is 1. The fourth-order valence-corrected chi connectivity index (χ4v) is 1.51. The molecule has 0 N–H and O–H groups in total. The summed E-state index contributed by atoms with van der Waals surface area (Å²) in [6, 6.07) is 1.84. The van der Waals surface area contributed by atoms with E-state index in [1.54, 1.807) is 0 Å². The Hall–Kier alpha value is -0.750. The summed E-state index contributed by atoms with van der Waals surface area (Å²) < 4.78 is 24.7. The molecule has 0 aliphatic carbocycles. The Morgan fingerprint density at radius 1 is 1.50 bits per heavy atom. The van der Waals surface area contributed by atoms with E-state index in [0.717, 1.165) is 12.1 Å². The molecule has 0 aliphatic rings. The molecule has 0 aliphatic heterocycles. The van der Waals surface area contributed by atoms with Crippen molar-refractivity contribution in [2.45, 2.75) is 6.43 Å². The minimum absolute atomic E-state index is 0.0867. The Morgan fingerprint density at radius 2 is 2.07 bits per heavy atom. The van der Waals surface area contributed by atoms with Gasteiger partial charge in [-0.25, -0.2) is 8.78 Å². The van der Waals surface area contributed by atoms with E-state index < -0.39 is 22.6 Å². The first-order valence-corrected chi connectivity index (χ1v) is 4.52. The van der Waals surface area contributed by atoms with E-state index >= 15 is 0 Å². The summed E-state index contributed by atoms with van der Waals surface area (Å²) in [5, 5.41) is 10.1. The molecule has 0 atom stereocenters. The summed E-state index contributed by atoms with van der Waals surface area (Å²) in [6.07, 6.45) is -2.83. The van der Waals surface area contributed by atoms with E-state index in [1.807, 2.05) is 0 Å². The molecule has 0 radical (unpaired) electrons. The van der Waals surface area contributed by atoms with Crippen LogP contribution in [0, 0.1) is 10.1 Å². The standard InChI is InChI=1S/C7H3BrClF2NO2/c8-5-2-3(12(13)14)1-4(6(5)9)7(10)11/h1-2,7H. The highest BCUT2D eigenvalue weighted by Crippen LogP contribution is 2.36. The molecule has 76 valence electrons. The number of rotatable bonds is 2. The molecule has 0 amide bonds. The Labute approximate surface area is 91.0 Å². The molecule has 1 aromatic carbocycles. The van der Waals surface area contributed by atoms with Crippen molar-refractivity contribution < 1.29 is 13.7 Å². The van der Waals surface area contributed by atoms with Crippen LogP contribution in [0.5, 0.6) is 0 Å². The van der Waals surface area contributed by atoms with Crippen LogP contribution in [-0.4, -0.2) is 4.92 Å². The molecule has 0 unspecified atom stereocenters. The first kappa shape index (κ1) is 11.3. The summed E-state index contributed by atoms with van der Waals surface area (Å²) in [5.74, 6) is 0. The van der Waals surface area contributed by atoms with Gasteiger partial charge in [0.15, 0.2) is 0 Å². The van der Waals surface area contributed by atoms with E-state index in [4.69, 9.17) is 11.6 Å². The second kappa shape index (κ2) is 4.18. The number of non-ortho nitro benzene ring substituents is 1. The van der Waals surface area contributed by atoms with Gasteiger partial charge < -0.3 is 0 Å². The van der Waals surface area contributed by atoms with Crippen LogP contribution in [0.3, 0.4) is 0 Å². The number of nitro groups is 1. The summed E-state index contributed by atoms with van der Waals surface area (Å²) in [4.78, 5) is 9.58. The number of benzene rings is 1. The molecule has 7 heteroatoms. The fourth-order valence-electron chi connectivity index (χ4n) is 0.860. The summed E-state index contributed by atoms with van der Waals surface area (Å²) in [7, 11) is 0. The van der Waals surface area contributed by atoms with Crippen molar-refractivity contribution in [3.05, 3.63) is 37.3 Å². The molecule has 0 spiro atoms. The highest BCUT2D eigenvalue weighted by molar-refractivity contribution is 9.10. The summed E-state index contributed by atoms with van der Waals surface area (Å²) in [6.45, 7) is 0. The van der Waals surface area contributed by atoms with Crippen molar-refractivity contribution in [3.63, 3.8) is 0 Å². The molecule has 14 heavy (non-hydrogen) atoms. The van der Waals surface area contributed by atoms with Crippen LogP contribution in [0.2, 0.25) is 5.02 Å². The van der Waals surface area contributed by atoms with E-state index in [-0.39, 0.29) is 9.50 Å². The maximum absolute atomic E-state index is 12.3. The highest BCUT2D eigenvalue weighted by Gasteiger charge is 2.19. The molecule has 0 fully saturated rings. The van der Waals surface area contributed by atoms with Gasteiger partial charge in [-0.3, -0.25) is 10.1 Å². The third-order valence-electron chi connectivity index (χ3n) is 1.49. The van der Waals surface area contributed by atoms with Crippen LogP contribution < -0.4 is 0 Å². The zero-order valence-corrected chi connectivity index (χ0v) is 8.85. The molecule has 1 aromatic rings. The van der Waals surface area contributed by atoms with Gasteiger partial charge in [-0.2, -0.15) is 0 Å². The third kappa shape index (κ3) is 2.19. The zero-order chi connectivity index (χ0) is 10.9. The lowest BCUT2D eigenvalue weighted by Crippen LogP contribution is -1.93. The lowest BCUT2D eigenvalue weighted by molar-refractivity contribution is -0.385. The maximum Gasteiger partial charge on any atom is 0.271 e. The lowest BCUT2D eigenvalue weighted by atomic mass is 10.2. The van der Waals surface area contributed by atoms with Crippen molar-refractivity contribution >= 4 is 33.2 Å². The number of hydrogen-bond acceptors (Lipinski definition) is 2. The molecular weight excluding hydrogens is 283 g/mol. The topological polar surface area (TPSA) is 43.1 Å². The quantitative estimate of drug-likeness (QED) is 0.610. The average Bonchev–Trinajstić information content (AvgIpc) is 2.08. The molecule has 0 saturated carbocycles. The summed E-state index contributed by atoms with van der Waals surface area (Å²) in [5.41, 5.74) is -0.968. The molecule has 0 aromatic heterocycles. The SMILES string of the molecule is O=[N+]([O-])c1cc(Br)c(Cl)c(C(F)F)c1. The Kier molecular flexibility index (Phi) is 3.38. The normalized spacial score (nSPS) is 10.6. The second-order valence-corrected chi connectivity index (χ2v) is 3.62. The van der Waals surface area contributed by atoms with E-state index in [9.17, 15) is 18.9 Å². The number of hydrogen-bond donors (Lipinski definition) is 0. The molecular formula is C7H3BrClF2NO2. The van der Waals surface area contributed by atoms with Crippen LogP contribution in [0.25, 0.3) is 0 Å². The molecule has 0 bridgehead atoms. The monoisotopic (exact) mass is 285 g/mol. The number of halogens is 4. The fraction of sp³-hybridized carbons (Fsp3) is 0.143. The van der Waals surface area contributed by atoms with Gasteiger partial charge >= 0.3 is 0 Å². The Balaban J connectivity index is 3.35. The van der Waals surface area contributed by atoms with Gasteiger partial charge in [-0.1, -0.05) is 11.6 Å². The minimum atomic E-state index is -2.83. The first-order chi connectivity index (χ1) is 6.43. The van der Waals surface area contributed by atoms with Crippen molar-refractivity contribution in [2.24, 2.45) is 0 Å². The van der Waals surface area contributed by atoms with Crippen LogP contribution in [-0.2, 0) is 0 Å². The van der Waals surface area contributed by atoms with E-state index in [1.165, 1.54) is 0 Å². The minimum Gasteiger partial charge on any atom is -0.258 e. The average molecular weight is 286 g/mol. The van der Waals surface area contributed by atoms with Crippen LogP contribution >= 0.6 is 27.5 Å². The van der Waals surface area contributed by atoms with Crippen molar-refractivity contribution in [1.29, 1.82) is 0 Å². The molecule has 0 saturated heterocycles. The highest BCUT2D eigenvalue weighted by atomic mass is 79.9. The van der Waals surface area contributed by atoms with Gasteiger partial charge in [-0.05, 0) is 15.9 Å². The largest absolute Gasteiger partial charge is 0.271 e. The van der Waals surface area contributed by atoms with E-state index in [2.05, 4.69) is 15.9 Å². The van der Waals surface area contributed by atoms with Crippen molar-refractivity contribution in [1.82, 2.24) is 0 Å². The molecule has 1 rings (SSSR count). The predicted molar refractivity (Wildman–Crippen MR) is 50.8 cm³/mol. The van der Waals surface area contributed by atoms with Crippen LogP contribution in [0.4, 0.5) is 14.5 Å². The Morgan fingerprint density at radius 3 is 2.50 bits per heavy atom. The Bertz CT molecular complexity index is 386. The first-order valence-electron chi connectivity index (χ1n) is 3.35. The lowest BCUT2D eigenvalue weighted by Gasteiger charge is -2.04.